The van der Waals surface area contributed by atoms with Crippen LogP contribution in [0.15, 0.2) is 53.1 Å². The standard InChI is InChI=1S/C24H25N5O4/c1-15-25-19-11-22(29(2)3)23(12-20(19)26-15)32-14-17(13-30)27-24(31)21-10-18(33-28-21)9-16-7-5-4-6-8-16/h4-8,10-13,17H,9,14H2,1-3H3,(H,25,26)(H,27,31)/t17-/m1/s1. The fourth-order valence-corrected chi connectivity index (χ4v) is 3.46. The molecule has 170 valence electrons. The molecule has 0 bridgehead atoms. The first-order valence-electron chi connectivity index (χ1n) is 10.5. The van der Waals surface area contributed by atoms with E-state index in [0.717, 1.165) is 28.1 Å². The lowest BCUT2D eigenvalue weighted by Crippen LogP contribution is -2.40. The minimum Gasteiger partial charge on any atom is -0.489 e. The Morgan fingerprint density at radius 3 is 2.76 bits per heavy atom. The van der Waals surface area contributed by atoms with Gasteiger partial charge in [-0.2, -0.15) is 0 Å². The highest BCUT2D eigenvalue weighted by Crippen LogP contribution is 2.31. The molecule has 0 fully saturated rings. The number of hydrogen-bond acceptors (Lipinski definition) is 7. The van der Waals surface area contributed by atoms with Gasteiger partial charge in [0.25, 0.3) is 5.91 Å². The van der Waals surface area contributed by atoms with Crippen LogP contribution in [0.1, 0.15) is 27.6 Å². The van der Waals surface area contributed by atoms with Crippen molar-refractivity contribution in [3.05, 3.63) is 71.4 Å². The smallest absolute Gasteiger partial charge is 0.274 e. The van der Waals surface area contributed by atoms with Crippen molar-refractivity contribution in [2.24, 2.45) is 0 Å². The SMILES string of the molecule is Cc1nc2cc(N(C)C)c(OC[C@@H](C=O)NC(=O)c3cc(Cc4ccccc4)on3)cc2[nH]1. The van der Waals surface area contributed by atoms with E-state index in [1.54, 1.807) is 6.07 Å². The van der Waals surface area contributed by atoms with E-state index in [0.29, 0.717) is 24.2 Å². The van der Waals surface area contributed by atoms with Crippen LogP contribution >= 0.6 is 0 Å². The normalized spacial score (nSPS) is 11.8. The predicted octanol–water partition coefficient (Wildman–Crippen LogP) is 2.89. The summed E-state index contributed by atoms with van der Waals surface area (Å²) in [5.74, 6) is 1.42. The Labute approximate surface area is 190 Å². The number of ether oxygens (including phenoxy) is 1. The molecule has 33 heavy (non-hydrogen) atoms. The Morgan fingerprint density at radius 1 is 1.24 bits per heavy atom. The molecule has 9 nitrogen and oxygen atoms in total. The van der Waals surface area contributed by atoms with Gasteiger partial charge in [-0.3, -0.25) is 4.79 Å². The van der Waals surface area contributed by atoms with Crippen molar-refractivity contribution in [2.45, 2.75) is 19.4 Å². The van der Waals surface area contributed by atoms with E-state index in [1.807, 2.05) is 68.4 Å². The van der Waals surface area contributed by atoms with Crippen LogP contribution in [0, 0.1) is 6.92 Å². The number of carbonyl (C=O) groups excluding carboxylic acids is 2. The van der Waals surface area contributed by atoms with Gasteiger partial charge in [0.05, 0.1) is 16.7 Å². The lowest BCUT2D eigenvalue weighted by molar-refractivity contribution is -0.110. The number of fused-ring (bicyclic) bond motifs is 1. The van der Waals surface area contributed by atoms with Crippen LogP contribution in [0.25, 0.3) is 11.0 Å². The van der Waals surface area contributed by atoms with E-state index in [1.165, 1.54) is 0 Å². The topological polar surface area (TPSA) is 113 Å². The number of imidazole rings is 1. The van der Waals surface area contributed by atoms with Gasteiger partial charge in [0.2, 0.25) is 0 Å². The van der Waals surface area contributed by atoms with Gasteiger partial charge >= 0.3 is 0 Å². The van der Waals surface area contributed by atoms with Gasteiger partial charge in [-0.1, -0.05) is 35.5 Å². The van der Waals surface area contributed by atoms with Gasteiger partial charge in [-0.15, -0.1) is 0 Å². The summed E-state index contributed by atoms with van der Waals surface area (Å²) in [6, 6.07) is 14.2. The van der Waals surface area contributed by atoms with E-state index < -0.39 is 11.9 Å². The Hall–Kier alpha value is -4.14. The molecule has 0 saturated carbocycles. The summed E-state index contributed by atoms with van der Waals surface area (Å²) in [4.78, 5) is 33.7. The summed E-state index contributed by atoms with van der Waals surface area (Å²) in [5, 5.41) is 6.46. The molecule has 4 rings (SSSR count). The van der Waals surface area contributed by atoms with Crippen molar-refractivity contribution in [3.8, 4) is 5.75 Å². The number of aromatic nitrogens is 3. The second-order valence-electron chi connectivity index (χ2n) is 7.92. The second kappa shape index (κ2) is 9.56. The molecule has 0 spiro atoms. The molecule has 0 saturated heterocycles. The number of benzene rings is 2. The largest absolute Gasteiger partial charge is 0.489 e. The summed E-state index contributed by atoms with van der Waals surface area (Å²) in [7, 11) is 3.79. The first-order valence-corrected chi connectivity index (χ1v) is 10.5. The number of anilines is 1. The average Bonchev–Trinajstić information content (AvgIpc) is 3.41. The Kier molecular flexibility index (Phi) is 6.39. The van der Waals surface area contributed by atoms with Crippen molar-refractivity contribution in [3.63, 3.8) is 0 Å². The molecule has 2 aromatic heterocycles. The van der Waals surface area contributed by atoms with Gasteiger partial charge in [0, 0.05) is 32.6 Å². The van der Waals surface area contributed by atoms with Crippen molar-refractivity contribution in [1.29, 1.82) is 0 Å². The number of hydrogen-bond donors (Lipinski definition) is 2. The van der Waals surface area contributed by atoms with Gasteiger partial charge < -0.3 is 29.3 Å². The number of nitrogens with zero attached hydrogens (tertiary/aromatic N) is 3. The van der Waals surface area contributed by atoms with E-state index in [4.69, 9.17) is 9.26 Å². The predicted molar refractivity (Wildman–Crippen MR) is 124 cm³/mol. The Bertz CT molecular complexity index is 1260. The van der Waals surface area contributed by atoms with Gasteiger partial charge in [-0.25, -0.2) is 4.98 Å². The first kappa shape index (κ1) is 22.1. The van der Waals surface area contributed by atoms with Crippen molar-refractivity contribution in [2.75, 3.05) is 25.6 Å². The third-order valence-electron chi connectivity index (χ3n) is 5.07. The quantitative estimate of drug-likeness (QED) is 0.379. The van der Waals surface area contributed by atoms with Gasteiger partial charge in [-0.05, 0) is 18.6 Å². The maximum Gasteiger partial charge on any atom is 0.274 e. The van der Waals surface area contributed by atoms with E-state index in [9.17, 15) is 9.59 Å². The number of nitrogens with one attached hydrogen (secondary N) is 2. The van der Waals surface area contributed by atoms with Crippen molar-refractivity contribution >= 4 is 28.9 Å². The maximum atomic E-state index is 12.6. The molecular weight excluding hydrogens is 422 g/mol. The number of aromatic amines is 1. The van der Waals surface area contributed by atoms with E-state index in [2.05, 4.69) is 20.4 Å². The number of aryl methyl sites for hydroxylation is 1. The van der Waals surface area contributed by atoms with Crippen molar-refractivity contribution < 1.29 is 18.8 Å². The molecule has 2 heterocycles. The fraction of sp³-hybridized carbons (Fsp3) is 0.250. The molecule has 2 aromatic carbocycles. The van der Waals surface area contributed by atoms with E-state index in [-0.39, 0.29) is 12.3 Å². The first-order chi connectivity index (χ1) is 15.9. The molecule has 0 radical (unpaired) electrons. The van der Waals surface area contributed by atoms with Gasteiger partial charge in [0.1, 0.15) is 36.3 Å². The van der Waals surface area contributed by atoms with Crippen LogP contribution in [0.5, 0.6) is 5.75 Å². The zero-order valence-electron chi connectivity index (χ0n) is 18.7. The lowest BCUT2D eigenvalue weighted by Gasteiger charge is -2.19. The highest BCUT2D eigenvalue weighted by atomic mass is 16.5. The molecule has 1 amide bonds. The molecule has 1 atom stereocenters. The zero-order valence-corrected chi connectivity index (χ0v) is 18.7. The number of carbonyl (C=O) groups is 2. The average molecular weight is 447 g/mol. The molecule has 0 unspecified atom stereocenters. The van der Waals surface area contributed by atoms with Crippen LogP contribution in [0.4, 0.5) is 5.69 Å². The molecule has 0 aliphatic rings. The van der Waals surface area contributed by atoms with Gasteiger partial charge in [0.15, 0.2) is 5.69 Å². The van der Waals surface area contributed by atoms with Crippen LogP contribution < -0.4 is 15.0 Å². The monoisotopic (exact) mass is 447 g/mol. The summed E-state index contributed by atoms with van der Waals surface area (Å²) in [6.07, 6.45) is 1.15. The van der Waals surface area contributed by atoms with Crippen LogP contribution in [-0.4, -0.2) is 54.1 Å². The van der Waals surface area contributed by atoms with Crippen LogP contribution in [0.2, 0.25) is 0 Å². The molecule has 9 heteroatoms. The molecular formula is C24H25N5O4. The minimum absolute atomic E-state index is 0.0383. The summed E-state index contributed by atoms with van der Waals surface area (Å²) < 4.78 is 11.2. The number of rotatable bonds is 9. The summed E-state index contributed by atoms with van der Waals surface area (Å²) >= 11 is 0. The molecule has 0 aliphatic carbocycles. The second-order valence-corrected chi connectivity index (χ2v) is 7.92. The Morgan fingerprint density at radius 2 is 2.03 bits per heavy atom. The number of amides is 1. The number of H-pyrrole nitrogens is 1. The summed E-state index contributed by atoms with van der Waals surface area (Å²) in [6.45, 7) is 1.84. The van der Waals surface area contributed by atoms with Crippen LogP contribution in [-0.2, 0) is 11.2 Å². The molecule has 2 N–H and O–H groups in total. The number of aldehydes is 1. The third-order valence-corrected chi connectivity index (χ3v) is 5.07. The maximum absolute atomic E-state index is 12.6. The highest BCUT2D eigenvalue weighted by molar-refractivity contribution is 5.93. The fourth-order valence-electron chi connectivity index (χ4n) is 3.46. The van der Waals surface area contributed by atoms with Crippen molar-refractivity contribution in [1.82, 2.24) is 20.4 Å². The lowest BCUT2D eigenvalue weighted by atomic mass is 10.1. The van der Waals surface area contributed by atoms with Crippen LogP contribution in [0.3, 0.4) is 0 Å². The molecule has 4 aromatic rings. The third kappa shape index (κ3) is 5.20. The molecule has 0 aliphatic heterocycles. The zero-order chi connectivity index (χ0) is 23.4. The highest BCUT2D eigenvalue weighted by Gasteiger charge is 2.19. The summed E-state index contributed by atoms with van der Waals surface area (Å²) in [5.41, 5.74) is 3.61. The Balaban J connectivity index is 1.41. The van der Waals surface area contributed by atoms with E-state index >= 15 is 0 Å². The minimum atomic E-state index is -0.860.